The molecule has 0 aliphatic carbocycles. The van der Waals surface area contributed by atoms with Gasteiger partial charge in [0, 0.05) is 10.4 Å². The highest BCUT2D eigenvalue weighted by atomic mass is 32.1. The Hall–Kier alpha value is -3.55. The number of carbonyl (C=O) groups excluding carboxylic acids is 1. The molecule has 0 amide bonds. The fourth-order valence-corrected chi connectivity index (χ4v) is 6.11. The van der Waals surface area contributed by atoms with Crippen molar-refractivity contribution < 1.29 is 9.53 Å². The number of ether oxygens (including phenoxy) is 1. The van der Waals surface area contributed by atoms with E-state index in [4.69, 9.17) is 9.73 Å². The first-order chi connectivity index (χ1) is 17.5. The summed E-state index contributed by atoms with van der Waals surface area (Å²) in [6, 6.07) is 21.1. The zero-order chi connectivity index (χ0) is 25.2. The van der Waals surface area contributed by atoms with Gasteiger partial charge in [0.15, 0.2) is 4.80 Å². The van der Waals surface area contributed by atoms with Crippen molar-refractivity contribution in [3.63, 3.8) is 0 Å². The zero-order valence-electron chi connectivity index (χ0n) is 20.3. The third kappa shape index (κ3) is 4.52. The number of rotatable bonds is 6. The van der Waals surface area contributed by atoms with Crippen molar-refractivity contribution in [2.45, 2.75) is 32.7 Å². The van der Waals surface area contributed by atoms with Crippen molar-refractivity contribution in [3.8, 4) is 0 Å². The number of nitrogens with zero attached hydrogens (tertiary/aromatic N) is 2. The van der Waals surface area contributed by atoms with Gasteiger partial charge in [-0.3, -0.25) is 9.36 Å². The van der Waals surface area contributed by atoms with Gasteiger partial charge in [0.1, 0.15) is 6.04 Å². The van der Waals surface area contributed by atoms with Crippen molar-refractivity contribution in [2.24, 2.45) is 4.99 Å². The molecule has 2 aromatic carbocycles. The lowest BCUT2D eigenvalue weighted by molar-refractivity contribution is -0.138. The SMILES string of the molecule is CCOC(=O)C1=C(c2ccccc2)N=c2s/c(=C/c3ccc(C(C)C)cc3)c(=O)n2[C@@H]1c1cccs1. The lowest BCUT2D eigenvalue weighted by atomic mass is 9.97. The molecule has 0 unspecified atom stereocenters. The molecule has 0 fully saturated rings. The van der Waals surface area contributed by atoms with Crippen LogP contribution in [0.15, 0.2) is 87.5 Å². The van der Waals surface area contributed by atoms with Crippen LogP contribution in [0.1, 0.15) is 54.3 Å². The minimum atomic E-state index is -0.610. The van der Waals surface area contributed by atoms with E-state index in [0.717, 1.165) is 16.0 Å². The second-order valence-corrected chi connectivity index (χ2v) is 10.8. The molecule has 36 heavy (non-hydrogen) atoms. The van der Waals surface area contributed by atoms with E-state index in [2.05, 4.69) is 26.0 Å². The van der Waals surface area contributed by atoms with Gasteiger partial charge in [-0.15, -0.1) is 11.3 Å². The zero-order valence-corrected chi connectivity index (χ0v) is 21.9. The van der Waals surface area contributed by atoms with E-state index in [-0.39, 0.29) is 12.2 Å². The van der Waals surface area contributed by atoms with Gasteiger partial charge < -0.3 is 4.74 Å². The van der Waals surface area contributed by atoms with Crippen LogP contribution in [-0.4, -0.2) is 17.1 Å². The van der Waals surface area contributed by atoms with Crippen LogP contribution in [0.5, 0.6) is 0 Å². The van der Waals surface area contributed by atoms with E-state index in [0.29, 0.717) is 26.5 Å². The molecule has 5 nitrogen and oxygen atoms in total. The molecule has 3 heterocycles. The first-order valence-electron chi connectivity index (χ1n) is 11.9. The number of thiazole rings is 1. The van der Waals surface area contributed by atoms with Crippen LogP contribution in [0.3, 0.4) is 0 Å². The number of fused-ring (bicyclic) bond motifs is 1. The van der Waals surface area contributed by atoms with Crippen LogP contribution >= 0.6 is 22.7 Å². The number of thiophene rings is 1. The summed E-state index contributed by atoms with van der Waals surface area (Å²) < 4.78 is 7.69. The quantitative estimate of drug-likeness (QED) is 0.336. The van der Waals surface area contributed by atoms with E-state index >= 15 is 0 Å². The number of hydrogen-bond donors (Lipinski definition) is 0. The van der Waals surface area contributed by atoms with Gasteiger partial charge in [-0.05, 0) is 41.5 Å². The summed E-state index contributed by atoms with van der Waals surface area (Å²) in [4.78, 5) is 33.4. The topological polar surface area (TPSA) is 60.7 Å². The third-order valence-corrected chi connectivity index (χ3v) is 7.99. The van der Waals surface area contributed by atoms with Gasteiger partial charge in [0.25, 0.3) is 5.56 Å². The molecule has 0 radical (unpaired) electrons. The molecule has 0 saturated carbocycles. The first kappa shape index (κ1) is 24.2. The average molecular weight is 515 g/mol. The Morgan fingerprint density at radius 3 is 2.47 bits per heavy atom. The van der Waals surface area contributed by atoms with Crippen LogP contribution in [0.4, 0.5) is 0 Å². The van der Waals surface area contributed by atoms with Crippen LogP contribution in [0.25, 0.3) is 11.8 Å². The minimum Gasteiger partial charge on any atom is -0.463 e. The smallest absolute Gasteiger partial charge is 0.338 e. The number of benzene rings is 2. The molecular formula is C29H26N2O3S2. The average Bonchev–Trinajstić information content (AvgIpc) is 3.52. The van der Waals surface area contributed by atoms with E-state index < -0.39 is 12.0 Å². The van der Waals surface area contributed by atoms with Crippen LogP contribution in [0.2, 0.25) is 0 Å². The second kappa shape index (κ2) is 10.2. The van der Waals surface area contributed by atoms with Gasteiger partial charge in [0.2, 0.25) is 0 Å². The van der Waals surface area contributed by atoms with Gasteiger partial charge in [0.05, 0.1) is 22.4 Å². The molecule has 2 aromatic heterocycles. The summed E-state index contributed by atoms with van der Waals surface area (Å²) in [5, 5.41) is 1.95. The highest BCUT2D eigenvalue weighted by Gasteiger charge is 2.35. The number of esters is 1. The van der Waals surface area contributed by atoms with Gasteiger partial charge in [-0.25, -0.2) is 9.79 Å². The summed E-state index contributed by atoms with van der Waals surface area (Å²) in [6.07, 6.45) is 1.90. The predicted molar refractivity (Wildman–Crippen MR) is 146 cm³/mol. The molecule has 182 valence electrons. The predicted octanol–water partition coefficient (Wildman–Crippen LogP) is 5.12. The van der Waals surface area contributed by atoms with Gasteiger partial charge in [-0.1, -0.05) is 85.8 Å². The Balaban J connectivity index is 1.76. The van der Waals surface area contributed by atoms with Crippen molar-refractivity contribution in [3.05, 3.63) is 119 Å². The van der Waals surface area contributed by atoms with Gasteiger partial charge >= 0.3 is 5.97 Å². The number of aromatic nitrogens is 1. The maximum Gasteiger partial charge on any atom is 0.338 e. The second-order valence-electron chi connectivity index (χ2n) is 8.77. The summed E-state index contributed by atoms with van der Waals surface area (Å²) in [5.41, 5.74) is 3.76. The Morgan fingerprint density at radius 2 is 1.83 bits per heavy atom. The Bertz CT molecular complexity index is 1590. The minimum absolute atomic E-state index is 0.168. The summed E-state index contributed by atoms with van der Waals surface area (Å²) in [5.74, 6) is -0.0232. The molecule has 0 bridgehead atoms. The number of carbonyl (C=O) groups is 1. The van der Waals surface area contributed by atoms with Crippen molar-refractivity contribution >= 4 is 40.4 Å². The van der Waals surface area contributed by atoms with E-state index in [9.17, 15) is 9.59 Å². The molecule has 1 aliphatic rings. The Labute approximate surface area is 217 Å². The standard InChI is InChI=1S/C29H26N2O3S2/c1-4-34-28(33)24-25(21-9-6-5-7-10-21)30-29-31(26(24)22-11-8-16-35-22)27(32)23(36-29)17-19-12-14-20(15-13-19)18(2)3/h5-18,26H,4H2,1-3H3/b23-17+/t26-/m1/s1. The molecule has 4 aromatic rings. The Morgan fingerprint density at radius 1 is 1.08 bits per heavy atom. The van der Waals surface area contributed by atoms with E-state index in [1.165, 1.54) is 28.2 Å². The van der Waals surface area contributed by atoms with Crippen LogP contribution in [0, 0.1) is 0 Å². The van der Waals surface area contributed by atoms with Crippen molar-refractivity contribution in [2.75, 3.05) is 6.61 Å². The molecule has 1 aliphatic heterocycles. The van der Waals surface area contributed by atoms with E-state index in [1.54, 1.807) is 11.5 Å². The summed E-state index contributed by atoms with van der Waals surface area (Å²) >= 11 is 2.85. The molecule has 1 atom stereocenters. The van der Waals surface area contributed by atoms with Crippen molar-refractivity contribution in [1.82, 2.24) is 4.57 Å². The molecule has 7 heteroatoms. The van der Waals surface area contributed by atoms with Crippen LogP contribution < -0.4 is 14.9 Å². The Kier molecular flexibility index (Phi) is 6.85. The number of hydrogen-bond acceptors (Lipinski definition) is 6. The first-order valence-corrected chi connectivity index (χ1v) is 13.6. The third-order valence-electron chi connectivity index (χ3n) is 6.09. The fraction of sp³-hybridized carbons (Fsp3) is 0.207. The van der Waals surface area contributed by atoms with Crippen LogP contribution in [-0.2, 0) is 9.53 Å². The molecular weight excluding hydrogens is 488 g/mol. The molecule has 0 spiro atoms. The maximum absolute atomic E-state index is 13.8. The monoisotopic (exact) mass is 514 g/mol. The largest absolute Gasteiger partial charge is 0.463 e. The molecule has 5 rings (SSSR count). The van der Waals surface area contributed by atoms with Crippen molar-refractivity contribution in [1.29, 1.82) is 0 Å². The summed E-state index contributed by atoms with van der Waals surface area (Å²) in [7, 11) is 0. The maximum atomic E-state index is 13.8. The lowest BCUT2D eigenvalue weighted by Crippen LogP contribution is -2.39. The highest BCUT2D eigenvalue weighted by molar-refractivity contribution is 7.10. The molecule has 0 N–H and O–H groups in total. The van der Waals surface area contributed by atoms with Gasteiger partial charge in [-0.2, -0.15) is 0 Å². The fourth-order valence-electron chi connectivity index (χ4n) is 4.28. The lowest BCUT2D eigenvalue weighted by Gasteiger charge is -2.24. The molecule has 0 saturated heterocycles. The highest BCUT2D eigenvalue weighted by Crippen LogP contribution is 2.36. The normalized spacial score (nSPS) is 15.7. The van der Waals surface area contributed by atoms with E-state index in [1.807, 2.05) is 66.1 Å². The summed E-state index contributed by atoms with van der Waals surface area (Å²) in [6.45, 7) is 6.32.